The molecule has 1 saturated carbocycles. The number of nitrogens with one attached hydrogen (secondary N) is 1. The highest BCUT2D eigenvalue weighted by Gasteiger charge is 2.48. The zero-order valence-electron chi connectivity index (χ0n) is 12.4. The third-order valence-electron chi connectivity index (χ3n) is 4.20. The summed E-state index contributed by atoms with van der Waals surface area (Å²) in [6.07, 6.45) is 7.12. The zero-order chi connectivity index (χ0) is 14.1. The lowest BCUT2D eigenvalue weighted by molar-refractivity contribution is -0.146. The molecule has 4 heteroatoms. The second-order valence-electron chi connectivity index (χ2n) is 5.50. The average molecular weight is 271 g/mol. The van der Waals surface area contributed by atoms with Crippen LogP contribution in [-0.2, 0) is 9.53 Å². The van der Waals surface area contributed by atoms with Crippen LogP contribution in [0.15, 0.2) is 0 Å². The van der Waals surface area contributed by atoms with Crippen LogP contribution < -0.4 is 5.32 Å². The lowest BCUT2D eigenvalue weighted by Gasteiger charge is -2.32. The molecule has 2 N–H and O–H groups in total. The third-order valence-corrected chi connectivity index (χ3v) is 4.20. The molecule has 0 aromatic carbocycles. The van der Waals surface area contributed by atoms with E-state index in [2.05, 4.69) is 12.2 Å². The summed E-state index contributed by atoms with van der Waals surface area (Å²) in [5.74, 6) is -0.487. The molecule has 0 spiro atoms. The second kappa shape index (κ2) is 8.54. The quantitative estimate of drug-likeness (QED) is 0.600. The minimum Gasteiger partial charge on any atom is -0.480 e. The molecule has 0 aromatic heterocycles. The summed E-state index contributed by atoms with van der Waals surface area (Å²) >= 11 is 0. The molecule has 1 aliphatic rings. The standard InChI is InChI=1S/C15H29NO3/c1-3-5-6-11-19-12-9-13-8-7-10-15(13,14(17)18)16-4-2/h13,16H,3-12H2,1-2H3,(H,17,18). The molecule has 19 heavy (non-hydrogen) atoms. The van der Waals surface area contributed by atoms with Crippen LogP contribution in [0, 0.1) is 5.92 Å². The number of unbranched alkanes of at least 4 members (excludes halogenated alkanes) is 2. The van der Waals surface area contributed by atoms with Gasteiger partial charge >= 0.3 is 5.97 Å². The van der Waals surface area contributed by atoms with E-state index in [1.807, 2.05) is 6.92 Å². The van der Waals surface area contributed by atoms with Crippen LogP contribution in [0.3, 0.4) is 0 Å². The average Bonchev–Trinajstić information content (AvgIpc) is 2.78. The fraction of sp³-hybridized carbons (Fsp3) is 0.933. The summed E-state index contributed by atoms with van der Waals surface area (Å²) in [4.78, 5) is 11.6. The lowest BCUT2D eigenvalue weighted by atomic mass is 9.84. The van der Waals surface area contributed by atoms with Crippen molar-refractivity contribution in [1.82, 2.24) is 5.32 Å². The van der Waals surface area contributed by atoms with E-state index < -0.39 is 11.5 Å². The normalized spacial score (nSPS) is 26.7. The van der Waals surface area contributed by atoms with Crippen LogP contribution in [-0.4, -0.2) is 36.4 Å². The Balaban J connectivity index is 2.36. The molecule has 0 aromatic rings. The van der Waals surface area contributed by atoms with Crippen LogP contribution in [0.1, 0.15) is 58.8 Å². The number of likely N-dealkylation sites (N-methyl/N-ethyl adjacent to an activating group) is 1. The van der Waals surface area contributed by atoms with E-state index in [0.717, 1.165) is 38.7 Å². The van der Waals surface area contributed by atoms with Gasteiger partial charge in [-0.05, 0) is 38.1 Å². The smallest absolute Gasteiger partial charge is 0.324 e. The van der Waals surface area contributed by atoms with Gasteiger partial charge in [0.1, 0.15) is 5.54 Å². The molecule has 0 radical (unpaired) electrons. The minimum atomic E-state index is -0.707. The van der Waals surface area contributed by atoms with Gasteiger partial charge in [-0.15, -0.1) is 0 Å². The molecular weight excluding hydrogens is 242 g/mol. The second-order valence-corrected chi connectivity index (χ2v) is 5.50. The van der Waals surface area contributed by atoms with Crippen molar-refractivity contribution in [3.8, 4) is 0 Å². The zero-order valence-corrected chi connectivity index (χ0v) is 12.4. The number of hydrogen-bond acceptors (Lipinski definition) is 3. The monoisotopic (exact) mass is 271 g/mol. The molecule has 1 rings (SSSR count). The van der Waals surface area contributed by atoms with Crippen molar-refractivity contribution in [3.63, 3.8) is 0 Å². The van der Waals surface area contributed by atoms with Gasteiger partial charge in [-0.1, -0.05) is 33.1 Å². The van der Waals surface area contributed by atoms with Crippen LogP contribution >= 0.6 is 0 Å². The highest BCUT2D eigenvalue weighted by atomic mass is 16.5. The van der Waals surface area contributed by atoms with Gasteiger partial charge in [0.15, 0.2) is 0 Å². The maximum absolute atomic E-state index is 11.6. The number of carbonyl (C=O) groups is 1. The highest BCUT2D eigenvalue weighted by Crippen LogP contribution is 2.38. The van der Waals surface area contributed by atoms with Crippen molar-refractivity contribution in [2.75, 3.05) is 19.8 Å². The first-order valence-electron chi connectivity index (χ1n) is 7.73. The number of rotatable bonds is 10. The molecule has 1 fully saturated rings. The van der Waals surface area contributed by atoms with Gasteiger partial charge < -0.3 is 15.2 Å². The molecule has 0 aliphatic heterocycles. The Morgan fingerprint density at radius 2 is 2.16 bits per heavy atom. The number of hydrogen-bond donors (Lipinski definition) is 2. The maximum Gasteiger partial charge on any atom is 0.324 e. The molecular formula is C15H29NO3. The van der Waals surface area contributed by atoms with E-state index >= 15 is 0 Å². The number of aliphatic carboxylic acids is 1. The summed E-state index contributed by atoms with van der Waals surface area (Å²) < 4.78 is 5.63. The Bertz CT molecular complexity index is 270. The van der Waals surface area contributed by atoms with E-state index in [1.165, 1.54) is 12.8 Å². The Morgan fingerprint density at radius 3 is 2.79 bits per heavy atom. The highest BCUT2D eigenvalue weighted by molar-refractivity contribution is 5.79. The fourth-order valence-electron chi connectivity index (χ4n) is 3.16. The lowest BCUT2D eigenvalue weighted by Crippen LogP contribution is -2.54. The van der Waals surface area contributed by atoms with Crippen LogP contribution in [0.2, 0.25) is 0 Å². The fourth-order valence-corrected chi connectivity index (χ4v) is 3.16. The number of ether oxygens (including phenoxy) is 1. The molecule has 0 heterocycles. The van der Waals surface area contributed by atoms with Gasteiger partial charge in [0.25, 0.3) is 0 Å². The van der Waals surface area contributed by atoms with Crippen LogP contribution in [0.4, 0.5) is 0 Å². The first kappa shape index (κ1) is 16.4. The van der Waals surface area contributed by atoms with Gasteiger partial charge in [-0.2, -0.15) is 0 Å². The van der Waals surface area contributed by atoms with Gasteiger partial charge in [0, 0.05) is 13.2 Å². The number of carboxylic acids is 1. The summed E-state index contributed by atoms with van der Waals surface area (Å²) in [6, 6.07) is 0. The predicted octanol–water partition coefficient (Wildman–Crippen LogP) is 2.82. The first-order chi connectivity index (χ1) is 9.17. The van der Waals surface area contributed by atoms with Crippen molar-refractivity contribution in [3.05, 3.63) is 0 Å². The summed E-state index contributed by atoms with van der Waals surface area (Å²) in [5, 5.41) is 12.7. The number of carboxylic acid groups (broad SMARTS) is 1. The van der Waals surface area contributed by atoms with E-state index in [0.29, 0.717) is 13.2 Å². The molecule has 4 nitrogen and oxygen atoms in total. The van der Waals surface area contributed by atoms with E-state index in [1.54, 1.807) is 0 Å². The Kier molecular flexibility index (Phi) is 7.39. The van der Waals surface area contributed by atoms with Crippen molar-refractivity contribution < 1.29 is 14.6 Å². The Labute approximate surface area is 116 Å². The Morgan fingerprint density at radius 1 is 1.37 bits per heavy atom. The molecule has 112 valence electrons. The van der Waals surface area contributed by atoms with Crippen molar-refractivity contribution >= 4 is 5.97 Å². The molecule has 0 bridgehead atoms. The Hall–Kier alpha value is -0.610. The van der Waals surface area contributed by atoms with Crippen molar-refractivity contribution in [2.45, 2.75) is 64.3 Å². The largest absolute Gasteiger partial charge is 0.480 e. The molecule has 2 atom stereocenters. The first-order valence-corrected chi connectivity index (χ1v) is 7.73. The molecule has 2 unspecified atom stereocenters. The maximum atomic E-state index is 11.6. The van der Waals surface area contributed by atoms with Gasteiger partial charge in [-0.3, -0.25) is 4.79 Å². The summed E-state index contributed by atoms with van der Waals surface area (Å²) in [6.45, 7) is 6.36. The van der Waals surface area contributed by atoms with Crippen molar-refractivity contribution in [1.29, 1.82) is 0 Å². The third kappa shape index (κ3) is 4.46. The molecule has 0 amide bonds. The van der Waals surface area contributed by atoms with E-state index in [9.17, 15) is 9.90 Å². The van der Waals surface area contributed by atoms with Gasteiger partial charge in [0.05, 0.1) is 0 Å². The van der Waals surface area contributed by atoms with Crippen molar-refractivity contribution in [2.24, 2.45) is 5.92 Å². The van der Waals surface area contributed by atoms with E-state index in [-0.39, 0.29) is 5.92 Å². The van der Waals surface area contributed by atoms with Crippen LogP contribution in [0.5, 0.6) is 0 Å². The summed E-state index contributed by atoms with van der Waals surface area (Å²) in [5.41, 5.74) is -0.707. The minimum absolute atomic E-state index is 0.205. The van der Waals surface area contributed by atoms with E-state index in [4.69, 9.17) is 4.74 Å². The SMILES string of the molecule is CCCCCOCCC1CCCC1(NCC)C(=O)O. The molecule has 1 aliphatic carbocycles. The summed E-state index contributed by atoms with van der Waals surface area (Å²) in [7, 11) is 0. The van der Waals surface area contributed by atoms with Crippen LogP contribution in [0.25, 0.3) is 0 Å². The van der Waals surface area contributed by atoms with Gasteiger partial charge in [-0.25, -0.2) is 0 Å². The molecule has 0 saturated heterocycles. The predicted molar refractivity (Wildman–Crippen MR) is 76.3 cm³/mol. The van der Waals surface area contributed by atoms with Gasteiger partial charge in [0.2, 0.25) is 0 Å². The topological polar surface area (TPSA) is 58.6 Å².